The van der Waals surface area contributed by atoms with Crippen molar-refractivity contribution in [2.75, 3.05) is 26.2 Å². The molecule has 5 nitrogen and oxygen atoms in total. The summed E-state index contributed by atoms with van der Waals surface area (Å²) in [6, 6.07) is 28.2. The summed E-state index contributed by atoms with van der Waals surface area (Å²) in [6.45, 7) is 4.99. The van der Waals surface area contributed by atoms with Crippen LogP contribution in [0, 0.1) is 0 Å². The SMILES string of the molecule is O=C(NCc1ccccc1)c1c(CN2CCNCC2)c(-c2ccccc2)nc2ccccc12. The topological polar surface area (TPSA) is 57.3 Å². The molecule has 1 saturated heterocycles. The smallest absolute Gasteiger partial charge is 0.252 e. The van der Waals surface area contributed by atoms with E-state index in [9.17, 15) is 4.79 Å². The van der Waals surface area contributed by atoms with Gasteiger partial charge in [0, 0.05) is 55.8 Å². The zero-order chi connectivity index (χ0) is 22.5. The first-order chi connectivity index (χ1) is 16.3. The second-order valence-electron chi connectivity index (χ2n) is 8.39. The van der Waals surface area contributed by atoms with Crippen LogP contribution in [0.2, 0.25) is 0 Å². The van der Waals surface area contributed by atoms with E-state index in [0.717, 1.165) is 65.0 Å². The predicted molar refractivity (Wildman–Crippen MR) is 133 cm³/mol. The number of pyridine rings is 1. The largest absolute Gasteiger partial charge is 0.348 e. The van der Waals surface area contributed by atoms with Crippen molar-refractivity contribution in [1.29, 1.82) is 0 Å². The van der Waals surface area contributed by atoms with Gasteiger partial charge in [0.2, 0.25) is 0 Å². The van der Waals surface area contributed by atoms with E-state index in [1.807, 2.05) is 72.8 Å². The van der Waals surface area contributed by atoms with Crippen LogP contribution in [-0.2, 0) is 13.1 Å². The highest BCUT2D eigenvalue weighted by Gasteiger charge is 2.23. The number of nitrogens with zero attached hydrogens (tertiary/aromatic N) is 2. The molecule has 3 aromatic carbocycles. The summed E-state index contributed by atoms with van der Waals surface area (Å²) in [5, 5.41) is 7.48. The molecular formula is C28H28N4O. The molecule has 2 N–H and O–H groups in total. The third-order valence-electron chi connectivity index (χ3n) is 6.15. The Hall–Kier alpha value is -3.54. The van der Waals surface area contributed by atoms with E-state index < -0.39 is 0 Å². The van der Waals surface area contributed by atoms with E-state index in [2.05, 4.69) is 27.7 Å². The monoisotopic (exact) mass is 436 g/mol. The Bertz CT molecular complexity index is 1230. The Morgan fingerprint density at radius 2 is 1.55 bits per heavy atom. The molecule has 0 aliphatic carbocycles. The number of amides is 1. The van der Waals surface area contributed by atoms with E-state index >= 15 is 0 Å². The molecule has 33 heavy (non-hydrogen) atoms. The lowest BCUT2D eigenvalue weighted by Crippen LogP contribution is -2.43. The lowest BCUT2D eigenvalue weighted by molar-refractivity contribution is 0.0950. The normalized spacial score (nSPS) is 14.3. The molecule has 1 aromatic heterocycles. The average molecular weight is 437 g/mol. The van der Waals surface area contributed by atoms with Gasteiger partial charge >= 0.3 is 0 Å². The molecule has 0 radical (unpaired) electrons. The van der Waals surface area contributed by atoms with E-state index in [1.54, 1.807) is 0 Å². The summed E-state index contributed by atoms with van der Waals surface area (Å²) in [5.74, 6) is -0.0558. The maximum absolute atomic E-state index is 13.7. The average Bonchev–Trinajstić information content (AvgIpc) is 2.88. The Morgan fingerprint density at radius 1 is 0.879 bits per heavy atom. The number of aromatic nitrogens is 1. The summed E-state index contributed by atoms with van der Waals surface area (Å²) in [6.07, 6.45) is 0. The Morgan fingerprint density at radius 3 is 2.30 bits per heavy atom. The molecule has 5 heteroatoms. The number of fused-ring (bicyclic) bond motifs is 1. The molecule has 166 valence electrons. The molecule has 1 aliphatic rings. The number of carbonyl (C=O) groups excluding carboxylic acids is 1. The number of nitrogens with one attached hydrogen (secondary N) is 2. The van der Waals surface area contributed by atoms with Crippen LogP contribution >= 0.6 is 0 Å². The Labute approximate surface area is 194 Å². The molecule has 1 aliphatic heterocycles. The third-order valence-corrected chi connectivity index (χ3v) is 6.15. The van der Waals surface area contributed by atoms with Crippen molar-refractivity contribution < 1.29 is 4.79 Å². The number of hydrogen-bond donors (Lipinski definition) is 2. The van der Waals surface area contributed by atoms with Gasteiger partial charge in [-0.05, 0) is 11.6 Å². The first-order valence-corrected chi connectivity index (χ1v) is 11.5. The van der Waals surface area contributed by atoms with Crippen LogP contribution in [0.3, 0.4) is 0 Å². The number of benzene rings is 3. The maximum Gasteiger partial charge on any atom is 0.252 e. The van der Waals surface area contributed by atoms with Crippen molar-refractivity contribution in [3.05, 3.63) is 102 Å². The second kappa shape index (κ2) is 9.94. The molecule has 2 heterocycles. The highest BCUT2D eigenvalue weighted by atomic mass is 16.1. The van der Waals surface area contributed by atoms with Gasteiger partial charge in [-0.15, -0.1) is 0 Å². The molecule has 0 saturated carbocycles. The Balaban J connectivity index is 1.62. The van der Waals surface area contributed by atoms with Gasteiger partial charge in [-0.3, -0.25) is 9.69 Å². The summed E-state index contributed by atoms with van der Waals surface area (Å²) < 4.78 is 0. The van der Waals surface area contributed by atoms with Crippen LogP contribution in [0.15, 0.2) is 84.9 Å². The minimum Gasteiger partial charge on any atom is -0.348 e. The molecule has 4 aromatic rings. The van der Waals surface area contributed by atoms with Crippen molar-refractivity contribution in [2.24, 2.45) is 0 Å². The zero-order valence-electron chi connectivity index (χ0n) is 18.6. The van der Waals surface area contributed by atoms with Gasteiger partial charge in [0.15, 0.2) is 0 Å². The maximum atomic E-state index is 13.7. The molecular weight excluding hydrogens is 408 g/mol. The lowest BCUT2D eigenvalue weighted by atomic mass is 9.95. The van der Waals surface area contributed by atoms with Crippen molar-refractivity contribution in [3.8, 4) is 11.3 Å². The van der Waals surface area contributed by atoms with Gasteiger partial charge in [0.1, 0.15) is 0 Å². The summed E-state index contributed by atoms with van der Waals surface area (Å²) in [5.41, 5.74) is 5.56. The first-order valence-electron chi connectivity index (χ1n) is 11.5. The van der Waals surface area contributed by atoms with Crippen LogP contribution in [-0.4, -0.2) is 42.0 Å². The van der Waals surface area contributed by atoms with Gasteiger partial charge in [0.25, 0.3) is 5.91 Å². The van der Waals surface area contributed by atoms with Gasteiger partial charge in [-0.2, -0.15) is 0 Å². The van der Waals surface area contributed by atoms with Crippen molar-refractivity contribution in [2.45, 2.75) is 13.1 Å². The second-order valence-corrected chi connectivity index (χ2v) is 8.39. The molecule has 1 fully saturated rings. The third kappa shape index (κ3) is 4.80. The van der Waals surface area contributed by atoms with Gasteiger partial charge in [-0.25, -0.2) is 4.98 Å². The summed E-state index contributed by atoms with van der Waals surface area (Å²) in [4.78, 5) is 21.2. The number of carbonyl (C=O) groups is 1. The molecule has 0 spiro atoms. The summed E-state index contributed by atoms with van der Waals surface area (Å²) in [7, 11) is 0. The van der Waals surface area contributed by atoms with E-state index in [0.29, 0.717) is 13.1 Å². The molecule has 0 unspecified atom stereocenters. The van der Waals surface area contributed by atoms with E-state index in [-0.39, 0.29) is 5.91 Å². The highest BCUT2D eigenvalue weighted by molar-refractivity contribution is 6.09. The van der Waals surface area contributed by atoms with Crippen molar-refractivity contribution >= 4 is 16.8 Å². The van der Waals surface area contributed by atoms with Gasteiger partial charge in [-0.1, -0.05) is 78.9 Å². The van der Waals surface area contributed by atoms with E-state index in [1.165, 1.54) is 0 Å². The number of hydrogen-bond acceptors (Lipinski definition) is 4. The van der Waals surface area contributed by atoms with Crippen molar-refractivity contribution in [3.63, 3.8) is 0 Å². The molecule has 0 bridgehead atoms. The Kier molecular flexibility index (Phi) is 6.42. The molecule has 1 amide bonds. The standard InChI is InChI=1S/C28H28N4O/c33-28(30-19-21-9-3-1-4-10-21)26-23-13-7-8-14-25(23)31-27(22-11-5-2-6-12-22)24(26)20-32-17-15-29-16-18-32/h1-14,29H,15-20H2,(H,30,33). The van der Waals surface area contributed by atoms with Crippen LogP contribution < -0.4 is 10.6 Å². The zero-order valence-corrected chi connectivity index (χ0v) is 18.6. The highest BCUT2D eigenvalue weighted by Crippen LogP contribution is 2.31. The first kappa shape index (κ1) is 21.3. The fraction of sp³-hybridized carbons (Fsp3) is 0.214. The van der Waals surface area contributed by atoms with Crippen LogP contribution in [0.25, 0.3) is 22.2 Å². The molecule has 0 atom stereocenters. The number of piperazine rings is 1. The lowest BCUT2D eigenvalue weighted by Gasteiger charge is -2.29. The van der Waals surface area contributed by atoms with Crippen LogP contribution in [0.5, 0.6) is 0 Å². The van der Waals surface area contributed by atoms with Crippen LogP contribution in [0.1, 0.15) is 21.5 Å². The summed E-state index contributed by atoms with van der Waals surface area (Å²) >= 11 is 0. The van der Waals surface area contributed by atoms with Gasteiger partial charge in [0.05, 0.1) is 16.8 Å². The number of para-hydroxylation sites is 1. The van der Waals surface area contributed by atoms with E-state index in [4.69, 9.17) is 4.98 Å². The van der Waals surface area contributed by atoms with Gasteiger partial charge < -0.3 is 10.6 Å². The molecule has 5 rings (SSSR count). The minimum absolute atomic E-state index is 0.0558. The predicted octanol–water partition coefficient (Wildman–Crippen LogP) is 4.24. The number of rotatable bonds is 6. The fourth-order valence-corrected chi connectivity index (χ4v) is 4.46. The van der Waals surface area contributed by atoms with Crippen LogP contribution in [0.4, 0.5) is 0 Å². The fourth-order valence-electron chi connectivity index (χ4n) is 4.46. The minimum atomic E-state index is -0.0558. The quantitative estimate of drug-likeness (QED) is 0.475. The van der Waals surface area contributed by atoms with Crippen molar-refractivity contribution in [1.82, 2.24) is 20.5 Å².